The fraction of sp³-hybridized carbons (Fsp3) is 0.533. The molecule has 2 fully saturated rings. The number of fused-ring (bicyclic) bond motifs is 3. The Kier molecular flexibility index (Phi) is 2.87. The van der Waals surface area contributed by atoms with Crippen molar-refractivity contribution in [3.05, 3.63) is 29.8 Å². The maximum Gasteiger partial charge on any atom is 0.285 e. The Morgan fingerprint density at radius 1 is 1.14 bits per heavy atom. The number of rotatable bonds is 0. The number of benzene rings is 1. The number of amidine groups is 1. The maximum atomic E-state index is 12.3. The third-order valence-corrected chi connectivity index (χ3v) is 6.17. The minimum atomic E-state index is -3.52. The summed E-state index contributed by atoms with van der Waals surface area (Å²) in [5, 5.41) is 0. The molecule has 6 heteroatoms. The van der Waals surface area contributed by atoms with E-state index in [2.05, 4.69) is 21.2 Å². The lowest BCUT2D eigenvalue weighted by molar-refractivity contribution is 0.285. The molecule has 4 rings (SSSR count). The average molecular weight is 305 g/mol. The van der Waals surface area contributed by atoms with Crippen LogP contribution in [0, 0.1) is 0 Å². The van der Waals surface area contributed by atoms with Crippen molar-refractivity contribution in [2.75, 3.05) is 20.1 Å². The molecule has 5 nitrogen and oxygen atoms in total. The summed E-state index contributed by atoms with van der Waals surface area (Å²) in [6.45, 7) is 2.05. The molecule has 2 atom stereocenters. The zero-order chi connectivity index (χ0) is 14.6. The summed E-state index contributed by atoms with van der Waals surface area (Å²) in [6.07, 6.45) is 3.34. The fourth-order valence-electron chi connectivity index (χ4n) is 3.86. The molecular weight excluding hydrogens is 286 g/mol. The first-order chi connectivity index (χ1) is 10.1. The molecule has 0 aromatic heterocycles. The van der Waals surface area contributed by atoms with Crippen LogP contribution >= 0.6 is 0 Å². The molecule has 0 radical (unpaired) electrons. The lowest BCUT2D eigenvalue weighted by Gasteiger charge is -2.30. The van der Waals surface area contributed by atoms with Gasteiger partial charge in [-0.25, -0.2) is 0 Å². The largest absolute Gasteiger partial charge is 0.348 e. The summed E-state index contributed by atoms with van der Waals surface area (Å²) < 4.78 is 28.6. The Morgan fingerprint density at radius 3 is 2.76 bits per heavy atom. The van der Waals surface area contributed by atoms with Crippen molar-refractivity contribution in [3.8, 4) is 0 Å². The second-order valence-electron chi connectivity index (χ2n) is 6.23. The van der Waals surface area contributed by atoms with Crippen molar-refractivity contribution in [3.63, 3.8) is 0 Å². The van der Waals surface area contributed by atoms with E-state index in [0.717, 1.165) is 37.9 Å². The quantitative estimate of drug-likeness (QED) is 0.725. The van der Waals surface area contributed by atoms with Gasteiger partial charge in [0.15, 0.2) is 5.84 Å². The number of likely N-dealkylation sites (N-methyl/N-ethyl adjacent to an activating group) is 1. The van der Waals surface area contributed by atoms with Crippen molar-refractivity contribution in [2.24, 2.45) is 4.40 Å². The van der Waals surface area contributed by atoms with Gasteiger partial charge in [0.25, 0.3) is 10.0 Å². The standard InChI is InChI=1S/C15H19N3O2S/c1-17-9-8-11-6-7-12(10-17)18(11)15-13-4-2-3-5-14(13)21(19,20)16-15/h2-5,11-12H,6-10H2,1H3/t11-,12+/m1/s1. The molecule has 1 aromatic carbocycles. The van der Waals surface area contributed by atoms with Gasteiger partial charge in [0.2, 0.25) is 0 Å². The van der Waals surface area contributed by atoms with Gasteiger partial charge in [-0.15, -0.1) is 4.40 Å². The predicted octanol–water partition coefficient (Wildman–Crippen LogP) is 1.30. The van der Waals surface area contributed by atoms with Gasteiger partial charge >= 0.3 is 0 Å². The van der Waals surface area contributed by atoms with Gasteiger partial charge in [0.05, 0.1) is 0 Å². The Morgan fingerprint density at radius 2 is 1.90 bits per heavy atom. The zero-order valence-electron chi connectivity index (χ0n) is 12.1. The highest BCUT2D eigenvalue weighted by Gasteiger charge is 2.42. The smallest absolute Gasteiger partial charge is 0.285 e. The topological polar surface area (TPSA) is 53.0 Å². The van der Waals surface area contributed by atoms with E-state index < -0.39 is 10.0 Å². The molecule has 0 N–H and O–H groups in total. The van der Waals surface area contributed by atoms with Gasteiger partial charge in [0.1, 0.15) is 4.90 Å². The monoisotopic (exact) mass is 305 g/mol. The van der Waals surface area contributed by atoms with Gasteiger partial charge in [-0.3, -0.25) is 0 Å². The highest BCUT2D eigenvalue weighted by molar-refractivity contribution is 7.90. The molecule has 3 aliphatic rings. The highest BCUT2D eigenvalue weighted by Crippen LogP contribution is 2.36. The molecule has 2 saturated heterocycles. The summed E-state index contributed by atoms with van der Waals surface area (Å²) in [6, 6.07) is 7.99. The number of sulfonamides is 1. The van der Waals surface area contributed by atoms with Crippen LogP contribution in [0.15, 0.2) is 33.6 Å². The molecule has 21 heavy (non-hydrogen) atoms. The Labute approximate surface area is 125 Å². The summed E-state index contributed by atoms with van der Waals surface area (Å²) in [4.78, 5) is 4.98. The van der Waals surface area contributed by atoms with E-state index >= 15 is 0 Å². The lowest BCUT2D eigenvalue weighted by Crippen LogP contribution is -2.42. The van der Waals surface area contributed by atoms with Crippen LogP contribution in [0.4, 0.5) is 0 Å². The van der Waals surface area contributed by atoms with E-state index in [0.29, 0.717) is 22.8 Å². The van der Waals surface area contributed by atoms with Gasteiger partial charge in [-0.05, 0) is 45.0 Å². The van der Waals surface area contributed by atoms with E-state index in [1.165, 1.54) is 0 Å². The molecule has 1 aromatic rings. The Bertz CT molecular complexity index is 713. The number of likely N-dealkylation sites (tertiary alicyclic amines) is 1. The van der Waals surface area contributed by atoms with Crippen LogP contribution in [-0.2, 0) is 10.0 Å². The normalized spacial score (nSPS) is 30.9. The predicted molar refractivity (Wildman–Crippen MR) is 80.9 cm³/mol. The first-order valence-corrected chi connectivity index (χ1v) is 8.91. The SMILES string of the molecule is CN1CC[C@H]2CC[C@@H](C1)N2C1=NS(=O)(=O)c2ccccc21. The van der Waals surface area contributed by atoms with E-state index in [1.807, 2.05) is 12.1 Å². The maximum absolute atomic E-state index is 12.3. The highest BCUT2D eigenvalue weighted by atomic mass is 32.2. The van der Waals surface area contributed by atoms with Crippen LogP contribution < -0.4 is 0 Å². The van der Waals surface area contributed by atoms with Crippen LogP contribution in [0.5, 0.6) is 0 Å². The second-order valence-corrected chi connectivity index (χ2v) is 7.80. The minimum absolute atomic E-state index is 0.358. The fourth-order valence-corrected chi connectivity index (χ4v) is 5.07. The van der Waals surface area contributed by atoms with Crippen molar-refractivity contribution in [1.82, 2.24) is 9.80 Å². The third kappa shape index (κ3) is 2.00. The van der Waals surface area contributed by atoms with E-state index in [-0.39, 0.29) is 0 Å². The zero-order valence-corrected chi connectivity index (χ0v) is 12.9. The van der Waals surface area contributed by atoms with Crippen molar-refractivity contribution >= 4 is 15.9 Å². The van der Waals surface area contributed by atoms with Crippen molar-refractivity contribution < 1.29 is 8.42 Å². The molecule has 0 spiro atoms. The summed E-state index contributed by atoms with van der Waals surface area (Å²) >= 11 is 0. The van der Waals surface area contributed by atoms with Crippen LogP contribution in [-0.4, -0.2) is 56.3 Å². The Balaban J connectivity index is 1.81. The van der Waals surface area contributed by atoms with E-state index in [1.54, 1.807) is 12.1 Å². The lowest BCUT2D eigenvalue weighted by atomic mass is 10.1. The molecule has 0 unspecified atom stereocenters. The Hall–Kier alpha value is -1.40. The number of hydrogen-bond acceptors (Lipinski definition) is 4. The molecule has 0 saturated carbocycles. The number of nitrogens with zero attached hydrogens (tertiary/aromatic N) is 3. The first kappa shape index (κ1) is 13.3. The van der Waals surface area contributed by atoms with Gasteiger partial charge in [-0.2, -0.15) is 8.42 Å². The number of hydrogen-bond donors (Lipinski definition) is 0. The van der Waals surface area contributed by atoms with Crippen molar-refractivity contribution in [1.29, 1.82) is 0 Å². The van der Waals surface area contributed by atoms with Gasteiger partial charge in [0, 0.05) is 24.2 Å². The molecule has 3 aliphatic heterocycles. The summed E-state index contributed by atoms with van der Waals surface area (Å²) in [7, 11) is -1.38. The van der Waals surface area contributed by atoms with E-state index in [4.69, 9.17) is 0 Å². The molecule has 2 bridgehead atoms. The summed E-state index contributed by atoms with van der Waals surface area (Å²) in [5.41, 5.74) is 0.777. The molecule has 3 heterocycles. The molecule has 0 aliphatic carbocycles. The minimum Gasteiger partial charge on any atom is -0.348 e. The summed E-state index contributed by atoms with van der Waals surface area (Å²) in [5.74, 6) is 0.674. The first-order valence-electron chi connectivity index (χ1n) is 7.47. The molecular formula is C15H19N3O2S. The molecule has 0 amide bonds. The third-order valence-electron chi connectivity index (χ3n) is 4.84. The molecule has 112 valence electrons. The van der Waals surface area contributed by atoms with Crippen LogP contribution in [0.2, 0.25) is 0 Å². The second kappa shape index (κ2) is 4.55. The van der Waals surface area contributed by atoms with Gasteiger partial charge < -0.3 is 9.80 Å². The van der Waals surface area contributed by atoms with Crippen LogP contribution in [0.25, 0.3) is 0 Å². The van der Waals surface area contributed by atoms with Crippen LogP contribution in [0.3, 0.4) is 0 Å². The van der Waals surface area contributed by atoms with Crippen LogP contribution in [0.1, 0.15) is 24.8 Å². The average Bonchev–Trinajstić information content (AvgIpc) is 2.89. The van der Waals surface area contributed by atoms with Gasteiger partial charge in [-0.1, -0.05) is 12.1 Å². The van der Waals surface area contributed by atoms with Crippen molar-refractivity contribution in [2.45, 2.75) is 36.2 Å². The van der Waals surface area contributed by atoms with E-state index in [9.17, 15) is 8.42 Å².